The summed E-state index contributed by atoms with van der Waals surface area (Å²) in [6.45, 7) is 4.28. The van der Waals surface area contributed by atoms with E-state index in [2.05, 4.69) is 10.6 Å². The van der Waals surface area contributed by atoms with E-state index in [0.29, 0.717) is 12.2 Å². The summed E-state index contributed by atoms with van der Waals surface area (Å²) in [4.78, 5) is 25.8. The zero-order valence-electron chi connectivity index (χ0n) is 17.9. The standard InChI is InChI=1S/C26H28N2O3/c1-26(2,22-16-10-5-11-17-22)28-25(30)23(19-31-18-20-12-6-3-7-13-20)27-24(29)21-14-8-4-9-15-21/h3-17,23H,18-19H2,1-2H3,(H,27,29)(H,28,30)/t23-/m0/s1. The van der Waals surface area contributed by atoms with Crippen molar-refractivity contribution in [3.8, 4) is 0 Å². The van der Waals surface area contributed by atoms with Crippen LogP contribution < -0.4 is 10.6 Å². The Morgan fingerprint density at radius 1 is 0.839 bits per heavy atom. The summed E-state index contributed by atoms with van der Waals surface area (Å²) < 4.78 is 5.78. The van der Waals surface area contributed by atoms with E-state index in [4.69, 9.17) is 4.74 Å². The topological polar surface area (TPSA) is 67.4 Å². The van der Waals surface area contributed by atoms with Crippen LogP contribution in [0.4, 0.5) is 0 Å². The van der Waals surface area contributed by atoms with Gasteiger partial charge in [-0.2, -0.15) is 0 Å². The average molecular weight is 417 g/mol. The highest BCUT2D eigenvalue weighted by Gasteiger charge is 2.28. The van der Waals surface area contributed by atoms with Crippen LogP contribution in [0.3, 0.4) is 0 Å². The molecule has 0 saturated heterocycles. The number of hydrogen-bond donors (Lipinski definition) is 2. The molecule has 0 fully saturated rings. The quantitative estimate of drug-likeness (QED) is 0.553. The summed E-state index contributed by atoms with van der Waals surface area (Å²) in [5.74, 6) is -0.618. The minimum absolute atomic E-state index is 0.0597. The lowest BCUT2D eigenvalue weighted by molar-refractivity contribution is -0.126. The monoisotopic (exact) mass is 416 g/mol. The Hall–Kier alpha value is -3.44. The number of amides is 2. The minimum Gasteiger partial charge on any atom is -0.374 e. The van der Waals surface area contributed by atoms with Gasteiger partial charge in [0, 0.05) is 5.56 Å². The highest BCUT2D eigenvalue weighted by Crippen LogP contribution is 2.19. The Bertz CT molecular complexity index is 973. The third-order valence-corrected chi connectivity index (χ3v) is 4.99. The van der Waals surface area contributed by atoms with Crippen LogP contribution in [-0.4, -0.2) is 24.5 Å². The number of carbonyl (C=O) groups is 2. The van der Waals surface area contributed by atoms with E-state index in [9.17, 15) is 9.59 Å². The maximum atomic E-state index is 13.1. The molecule has 3 aromatic carbocycles. The van der Waals surface area contributed by atoms with Crippen LogP contribution in [0.1, 0.15) is 35.3 Å². The van der Waals surface area contributed by atoms with Crippen LogP contribution in [0.15, 0.2) is 91.0 Å². The van der Waals surface area contributed by atoms with Gasteiger partial charge in [0.1, 0.15) is 6.04 Å². The number of nitrogens with one attached hydrogen (secondary N) is 2. The molecule has 0 heterocycles. The number of carbonyl (C=O) groups excluding carboxylic acids is 2. The second kappa shape index (κ2) is 10.5. The first-order valence-electron chi connectivity index (χ1n) is 10.3. The fourth-order valence-electron chi connectivity index (χ4n) is 3.20. The molecule has 0 bridgehead atoms. The zero-order valence-corrected chi connectivity index (χ0v) is 17.9. The van der Waals surface area contributed by atoms with Crippen molar-refractivity contribution in [1.82, 2.24) is 10.6 Å². The van der Waals surface area contributed by atoms with Crippen molar-refractivity contribution in [3.63, 3.8) is 0 Å². The maximum Gasteiger partial charge on any atom is 0.251 e. The molecule has 5 nitrogen and oxygen atoms in total. The fraction of sp³-hybridized carbons (Fsp3) is 0.231. The van der Waals surface area contributed by atoms with E-state index in [1.54, 1.807) is 24.3 Å². The molecule has 0 radical (unpaired) electrons. The van der Waals surface area contributed by atoms with Crippen LogP contribution in [0.5, 0.6) is 0 Å². The molecule has 0 saturated carbocycles. The highest BCUT2D eigenvalue weighted by molar-refractivity contribution is 5.97. The average Bonchev–Trinajstić information content (AvgIpc) is 2.80. The van der Waals surface area contributed by atoms with Gasteiger partial charge in [0.2, 0.25) is 5.91 Å². The lowest BCUT2D eigenvalue weighted by Crippen LogP contribution is -2.53. The Kier molecular flexibility index (Phi) is 7.57. The van der Waals surface area contributed by atoms with Crippen LogP contribution in [0.25, 0.3) is 0 Å². The van der Waals surface area contributed by atoms with Gasteiger partial charge in [-0.05, 0) is 37.1 Å². The molecule has 1 atom stereocenters. The van der Waals surface area contributed by atoms with E-state index in [0.717, 1.165) is 11.1 Å². The summed E-state index contributed by atoms with van der Waals surface area (Å²) in [6, 6.07) is 27.4. The predicted octanol–water partition coefficient (Wildman–Crippen LogP) is 4.05. The number of hydrogen-bond acceptors (Lipinski definition) is 3. The van der Waals surface area contributed by atoms with Crippen molar-refractivity contribution in [3.05, 3.63) is 108 Å². The molecule has 2 amide bonds. The Balaban J connectivity index is 1.70. The molecule has 160 valence electrons. The van der Waals surface area contributed by atoms with Crippen molar-refractivity contribution in [2.24, 2.45) is 0 Å². The van der Waals surface area contributed by atoms with Gasteiger partial charge in [-0.1, -0.05) is 78.9 Å². The molecule has 0 aromatic heterocycles. The summed E-state index contributed by atoms with van der Waals surface area (Å²) in [5.41, 5.74) is 1.86. The lowest BCUT2D eigenvalue weighted by atomic mass is 9.94. The molecule has 5 heteroatoms. The van der Waals surface area contributed by atoms with Gasteiger partial charge in [0.25, 0.3) is 5.91 Å². The summed E-state index contributed by atoms with van der Waals surface area (Å²) in [6.07, 6.45) is 0. The number of benzene rings is 3. The van der Waals surface area contributed by atoms with Gasteiger partial charge in [0.05, 0.1) is 18.8 Å². The number of rotatable bonds is 9. The third-order valence-electron chi connectivity index (χ3n) is 4.99. The van der Waals surface area contributed by atoms with E-state index in [-0.39, 0.29) is 18.4 Å². The van der Waals surface area contributed by atoms with Crippen molar-refractivity contribution in [2.75, 3.05) is 6.61 Å². The van der Waals surface area contributed by atoms with Crippen LogP contribution in [0.2, 0.25) is 0 Å². The molecule has 0 aliphatic rings. The SMILES string of the molecule is CC(C)(NC(=O)[C@H](COCc1ccccc1)NC(=O)c1ccccc1)c1ccccc1. The van der Waals surface area contributed by atoms with Gasteiger partial charge < -0.3 is 15.4 Å². The first-order valence-corrected chi connectivity index (χ1v) is 10.3. The van der Waals surface area contributed by atoms with Gasteiger partial charge in [-0.3, -0.25) is 9.59 Å². The smallest absolute Gasteiger partial charge is 0.251 e. The van der Waals surface area contributed by atoms with Crippen molar-refractivity contribution >= 4 is 11.8 Å². The molecule has 3 aromatic rings. The van der Waals surface area contributed by atoms with Crippen molar-refractivity contribution in [2.45, 2.75) is 32.0 Å². The van der Waals surface area contributed by atoms with Gasteiger partial charge >= 0.3 is 0 Å². The molecule has 0 unspecified atom stereocenters. The highest BCUT2D eigenvalue weighted by atomic mass is 16.5. The summed E-state index contributed by atoms with van der Waals surface area (Å²) in [7, 11) is 0. The normalized spacial score (nSPS) is 12.1. The van der Waals surface area contributed by atoms with Crippen molar-refractivity contribution < 1.29 is 14.3 Å². The molecular weight excluding hydrogens is 388 g/mol. The maximum absolute atomic E-state index is 13.1. The third kappa shape index (κ3) is 6.52. The van der Waals surface area contributed by atoms with Crippen molar-refractivity contribution in [1.29, 1.82) is 0 Å². The van der Waals surface area contributed by atoms with Crippen LogP contribution in [-0.2, 0) is 21.7 Å². The predicted molar refractivity (Wildman–Crippen MR) is 121 cm³/mol. The van der Waals surface area contributed by atoms with E-state index in [1.165, 1.54) is 0 Å². The molecule has 0 aliphatic carbocycles. The second-order valence-electron chi connectivity index (χ2n) is 7.87. The first kappa shape index (κ1) is 22.2. The van der Waals surface area contributed by atoms with Gasteiger partial charge in [-0.25, -0.2) is 0 Å². The Labute approximate surface area is 183 Å². The number of ether oxygens (including phenoxy) is 1. The van der Waals surface area contributed by atoms with E-state index in [1.807, 2.05) is 80.6 Å². The summed E-state index contributed by atoms with van der Waals surface area (Å²) in [5, 5.41) is 5.86. The Morgan fingerprint density at radius 3 is 2.00 bits per heavy atom. The van der Waals surface area contributed by atoms with Gasteiger partial charge in [0.15, 0.2) is 0 Å². The van der Waals surface area contributed by atoms with Crippen LogP contribution in [0, 0.1) is 0 Å². The molecular formula is C26H28N2O3. The lowest BCUT2D eigenvalue weighted by Gasteiger charge is -2.29. The zero-order chi connectivity index (χ0) is 22.1. The largest absolute Gasteiger partial charge is 0.374 e. The molecule has 0 spiro atoms. The van der Waals surface area contributed by atoms with Gasteiger partial charge in [-0.15, -0.1) is 0 Å². The van der Waals surface area contributed by atoms with E-state index < -0.39 is 11.6 Å². The minimum atomic E-state index is -0.834. The van der Waals surface area contributed by atoms with Crippen LogP contribution >= 0.6 is 0 Å². The molecule has 0 aliphatic heterocycles. The molecule has 31 heavy (non-hydrogen) atoms. The first-order chi connectivity index (χ1) is 15.0. The van der Waals surface area contributed by atoms with E-state index >= 15 is 0 Å². The summed E-state index contributed by atoms with van der Waals surface area (Å²) >= 11 is 0. The Morgan fingerprint density at radius 2 is 1.39 bits per heavy atom. The fourth-order valence-corrected chi connectivity index (χ4v) is 3.20. The molecule has 2 N–H and O–H groups in total. The molecule has 3 rings (SSSR count). The second-order valence-corrected chi connectivity index (χ2v) is 7.87.